The number of rotatable bonds is 2. The van der Waals surface area contributed by atoms with Gasteiger partial charge in [-0.05, 0) is 26.7 Å². The molecule has 0 aromatic carbocycles. The lowest BCUT2D eigenvalue weighted by atomic mass is 10.1. The molecule has 1 aliphatic heterocycles. The van der Waals surface area contributed by atoms with Crippen LogP contribution in [0.15, 0.2) is 0 Å². The molecule has 0 amide bonds. The van der Waals surface area contributed by atoms with E-state index in [0.717, 1.165) is 36.1 Å². The van der Waals surface area contributed by atoms with E-state index in [4.69, 9.17) is 0 Å². The summed E-state index contributed by atoms with van der Waals surface area (Å²) in [5.74, 6) is -0.00289. The Morgan fingerprint density at radius 2 is 2.32 bits per heavy atom. The lowest BCUT2D eigenvalue weighted by molar-refractivity contribution is -0.138. The number of aromatic nitrogens is 1. The Hall–Kier alpha value is -0.750. The van der Waals surface area contributed by atoms with Crippen molar-refractivity contribution < 1.29 is 9.90 Å². The van der Waals surface area contributed by atoms with E-state index in [0.29, 0.717) is 6.42 Å². The number of hydrogen-bond acceptors (Lipinski definition) is 5. The van der Waals surface area contributed by atoms with Crippen molar-refractivity contribution in [3.8, 4) is 0 Å². The number of aliphatic carboxylic acids is 1. The van der Waals surface area contributed by atoms with Crippen LogP contribution in [0.3, 0.4) is 0 Å². The zero-order valence-electron chi connectivity index (χ0n) is 11.2. The highest BCUT2D eigenvalue weighted by Gasteiger charge is 2.35. The summed E-state index contributed by atoms with van der Waals surface area (Å²) in [5, 5.41) is 10.2. The van der Waals surface area contributed by atoms with Gasteiger partial charge in [0, 0.05) is 28.5 Å². The first-order valence-electron chi connectivity index (χ1n) is 6.57. The SMILES string of the molecule is CC1(C)CN(c2nc3c(s2)CCC3C(=O)O)CCS1. The van der Waals surface area contributed by atoms with Gasteiger partial charge >= 0.3 is 5.97 Å². The normalized spacial score (nSPS) is 25.4. The third-order valence-corrected chi connectivity index (χ3v) is 6.19. The molecular weight excluding hydrogens is 280 g/mol. The minimum Gasteiger partial charge on any atom is -0.481 e. The van der Waals surface area contributed by atoms with Crippen LogP contribution in [0.4, 0.5) is 5.13 Å². The second-order valence-electron chi connectivity index (χ2n) is 5.76. The predicted molar refractivity (Wildman–Crippen MR) is 79.6 cm³/mol. The van der Waals surface area contributed by atoms with E-state index in [9.17, 15) is 9.90 Å². The molecule has 1 aromatic heterocycles. The van der Waals surface area contributed by atoms with Gasteiger partial charge < -0.3 is 10.0 Å². The zero-order valence-corrected chi connectivity index (χ0v) is 12.8. The van der Waals surface area contributed by atoms with Crippen molar-refractivity contribution in [1.82, 2.24) is 4.98 Å². The molecule has 1 fully saturated rings. The first-order valence-corrected chi connectivity index (χ1v) is 8.38. The molecule has 19 heavy (non-hydrogen) atoms. The summed E-state index contributed by atoms with van der Waals surface area (Å²) in [6.45, 7) is 6.51. The van der Waals surface area contributed by atoms with Crippen LogP contribution in [0, 0.1) is 0 Å². The summed E-state index contributed by atoms with van der Waals surface area (Å²) >= 11 is 3.69. The van der Waals surface area contributed by atoms with Gasteiger partial charge in [-0.3, -0.25) is 4.79 Å². The van der Waals surface area contributed by atoms with Crippen molar-refractivity contribution in [2.75, 3.05) is 23.7 Å². The summed E-state index contributed by atoms with van der Waals surface area (Å²) in [6.07, 6.45) is 1.58. The monoisotopic (exact) mass is 298 g/mol. The summed E-state index contributed by atoms with van der Waals surface area (Å²) < 4.78 is 0.251. The van der Waals surface area contributed by atoms with E-state index < -0.39 is 5.97 Å². The van der Waals surface area contributed by atoms with Crippen LogP contribution >= 0.6 is 23.1 Å². The Kier molecular flexibility index (Phi) is 3.25. The highest BCUT2D eigenvalue weighted by Crippen LogP contribution is 2.41. The molecule has 1 unspecified atom stereocenters. The van der Waals surface area contributed by atoms with Crippen LogP contribution in [0.1, 0.15) is 36.8 Å². The lowest BCUT2D eigenvalue weighted by Gasteiger charge is -2.37. The molecule has 0 saturated carbocycles. The zero-order chi connectivity index (χ0) is 13.6. The van der Waals surface area contributed by atoms with Crippen LogP contribution in [0.5, 0.6) is 0 Å². The number of carboxylic acid groups (broad SMARTS) is 1. The van der Waals surface area contributed by atoms with Gasteiger partial charge in [0.15, 0.2) is 5.13 Å². The van der Waals surface area contributed by atoms with Gasteiger partial charge in [0.05, 0.1) is 5.69 Å². The molecule has 1 saturated heterocycles. The van der Waals surface area contributed by atoms with E-state index >= 15 is 0 Å². The van der Waals surface area contributed by atoms with E-state index in [1.807, 2.05) is 11.8 Å². The molecule has 0 radical (unpaired) electrons. The summed E-state index contributed by atoms with van der Waals surface area (Å²) in [5.41, 5.74) is 0.823. The summed E-state index contributed by atoms with van der Waals surface area (Å²) in [6, 6.07) is 0. The van der Waals surface area contributed by atoms with Gasteiger partial charge in [0.1, 0.15) is 5.92 Å². The molecule has 1 aromatic rings. The molecule has 1 aliphatic carbocycles. The van der Waals surface area contributed by atoms with E-state index in [2.05, 4.69) is 23.7 Å². The maximum atomic E-state index is 11.2. The number of thioether (sulfide) groups is 1. The van der Waals surface area contributed by atoms with E-state index in [1.54, 1.807) is 11.3 Å². The molecule has 0 spiro atoms. The average molecular weight is 298 g/mol. The van der Waals surface area contributed by atoms with Crippen molar-refractivity contribution >= 4 is 34.2 Å². The fourth-order valence-electron chi connectivity index (χ4n) is 2.77. The van der Waals surface area contributed by atoms with Gasteiger partial charge in [-0.2, -0.15) is 11.8 Å². The molecule has 6 heteroatoms. The smallest absolute Gasteiger partial charge is 0.312 e. The van der Waals surface area contributed by atoms with Crippen molar-refractivity contribution in [3.63, 3.8) is 0 Å². The van der Waals surface area contributed by atoms with Crippen LogP contribution in [-0.2, 0) is 11.2 Å². The molecule has 104 valence electrons. The highest BCUT2D eigenvalue weighted by molar-refractivity contribution is 8.00. The Morgan fingerprint density at radius 3 is 3.00 bits per heavy atom. The standard InChI is InChI=1S/C13H18N2O2S2/c1-13(2)7-15(5-6-18-13)12-14-10-8(11(16)17)3-4-9(10)19-12/h8H,3-7H2,1-2H3,(H,16,17). The maximum absolute atomic E-state index is 11.2. The number of anilines is 1. The van der Waals surface area contributed by atoms with Crippen molar-refractivity contribution in [2.24, 2.45) is 0 Å². The predicted octanol–water partition coefficient (Wildman–Crippen LogP) is 2.59. The molecular formula is C13H18N2O2S2. The second kappa shape index (κ2) is 4.66. The molecule has 1 atom stereocenters. The van der Waals surface area contributed by atoms with Gasteiger partial charge in [-0.25, -0.2) is 4.98 Å². The van der Waals surface area contributed by atoms with Gasteiger partial charge in [-0.1, -0.05) is 0 Å². The minimum absolute atomic E-state index is 0.251. The number of aryl methyl sites for hydroxylation is 1. The van der Waals surface area contributed by atoms with Gasteiger partial charge in [0.2, 0.25) is 0 Å². The minimum atomic E-state index is -0.731. The van der Waals surface area contributed by atoms with E-state index in [-0.39, 0.29) is 10.7 Å². The van der Waals surface area contributed by atoms with Crippen molar-refractivity contribution in [2.45, 2.75) is 37.4 Å². The van der Waals surface area contributed by atoms with Crippen molar-refractivity contribution in [3.05, 3.63) is 10.6 Å². The quantitative estimate of drug-likeness (QED) is 0.909. The highest BCUT2D eigenvalue weighted by atomic mass is 32.2. The third kappa shape index (κ3) is 2.48. The van der Waals surface area contributed by atoms with Crippen molar-refractivity contribution in [1.29, 1.82) is 0 Å². The Bertz CT molecular complexity index is 513. The average Bonchev–Trinajstić information content (AvgIpc) is 2.85. The molecule has 3 rings (SSSR count). The topological polar surface area (TPSA) is 53.4 Å². The van der Waals surface area contributed by atoms with Crippen LogP contribution < -0.4 is 4.90 Å². The molecule has 4 nitrogen and oxygen atoms in total. The first kappa shape index (κ1) is 13.2. The summed E-state index contributed by atoms with van der Waals surface area (Å²) in [7, 11) is 0. The molecule has 0 bridgehead atoms. The fourth-order valence-corrected chi connectivity index (χ4v) is 5.04. The number of nitrogens with zero attached hydrogens (tertiary/aromatic N) is 2. The lowest BCUT2D eigenvalue weighted by Crippen LogP contribution is -2.43. The Balaban J connectivity index is 1.84. The number of carbonyl (C=O) groups is 1. The molecule has 2 aliphatic rings. The second-order valence-corrected chi connectivity index (χ2v) is 8.63. The van der Waals surface area contributed by atoms with Crippen LogP contribution in [-0.4, -0.2) is 39.6 Å². The largest absolute Gasteiger partial charge is 0.481 e. The number of thiazole rings is 1. The fraction of sp³-hybridized carbons (Fsp3) is 0.692. The van der Waals surface area contributed by atoms with Gasteiger partial charge in [-0.15, -0.1) is 11.3 Å². The summed E-state index contributed by atoms with van der Waals surface area (Å²) in [4.78, 5) is 19.3. The van der Waals surface area contributed by atoms with Gasteiger partial charge in [0.25, 0.3) is 0 Å². The number of fused-ring (bicyclic) bond motifs is 1. The maximum Gasteiger partial charge on any atom is 0.312 e. The Morgan fingerprint density at radius 1 is 1.53 bits per heavy atom. The molecule has 2 heterocycles. The van der Waals surface area contributed by atoms with E-state index in [1.165, 1.54) is 4.88 Å². The third-order valence-electron chi connectivity index (χ3n) is 3.70. The molecule has 1 N–H and O–H groups in total. The number of carboxylic acids is 1. The number of hydrogen-bond donors (Lipinski definition) is 1. The Labute approximate surface area is 121 Å². The van der Waals surface area contributed by atoms with Crippen LogP contribution in [0.2, 0.25) is 0 Å². The first-order chi connectivity index (χ1) is 8.96. The van der Waals surface area contributed by atoms with Crippen LogP contribution in [0.25, 0.3) is 0 Å².